The summed E-state index contributed by atoms with van der Waals surface area (Å²) < 4.78 is 54.8. The summed E-state index contributed by atoms with van der Waals surface area (Å²) in [6.07, 6.45) is -4.34. The first-order chi connectivity index (χ1) is 21.8. The molecule has 1 fully saturated rings. The number of carbonyl (C=O) groups excluding carboxylic acids is 1. The number of rotatable bonds is 12. The third-order valence-corrected chi connectivity index (χ3v) is 9.47. The van der Waals surface area contributed by atoms with E-state index in [1.54, 1.807) is 64.0 Å². The van der Waals surface area contributed by atoms with Crippen molar-refractivity contribution < 1.29 is 37.4 Å². The topological polar surface area (TPSA) is 150 Å². The van der Waals surface area contributed by atoms with Crippen LogP contribution in [-0.4, -0.2) is 87.2 Å². The van der Waals surface area contributed by atoms with E-state index in [9.17, 15) is 14.5 Å². The van der Waals surface area contributed by atoms with Crippen molar-refractivity contribution in [2.75, 3.05) is 31.5 Å². The van der Waals surface area contributed by atoms with E-state index in [1.807, 2.05) is 18.2 Å². The van der Waals surface area contributed by atoms with Gasteiger partial charge in [-0.1, -0.05) is 36.4 Å². The van der Waals surface area contributed by atoms with Gasteiger partial charge in [0.05, 0.1) is 24.9 Å². The number of alkyl halides is 2. The number of aromatic nitrogens is 4. The van der Waals surface area contributed by atoms with Crippen molar-refractivity contribution in [3.63, 3.8) is 0 Å². The number of esters is 1. The minimum Gasteiger partial charge on any atom is -0.462 e. The van der Waals surface area contributed by atoms with Crippen molar-refractivity contribution in [3.8, 4) is 5.75 Å². The highest BCUT2D eigenvalue weighted by Crippen LogP contribution is 2.50. The van der Waals surface area contributed by atoms with Crippen LogP contribution in [0.5, 0.6) is 5.75 Å². The van der Waals surface area contributed by atoms with Gasteiger partial charge in [-0.2, -0.15) is 5.09 Å². The van der Waals surface area contributed by atoms with Crippen LogP contribution in [0.1, 0.15) is 32.8 Å². The molecule has 16 heteroatoms. The first kappa shape index (κ1) is 34.0. The molecular formula is C30H37ClFN6O7P. The number of anilines is 1. The average Bonchev–Trinajstić information content (AvgIpc) is 3.53. The van der Waals surface area contributed by atoms with Gasteiger partial charge in [-0.05, 0) is 39.1 Å². The third-order valence-electron chi connectivity index (χ3n) is 7.41. The Kier molecular flexibility index (Phi) is 9.88. The number of ether oxygens (including phenoxy) is 2. The van der Waals surface area contributed by atoms with E-state index in [2.05, 4.69) is 20.0 Å². The maximum absolute atomic E-state index is 15.9. The molecule has 6 atom stereocenters. The van der Waals surface area contributed by atoms with Gasteiger partial charge in [0.2, 0.25) is 0 Å². The number of carbonyl (C=O) groups is 1. The summed E-state index contributed by atoms with van der Waals surface area (Å²) in [5, 5.41) is 15.2. The Bertz CT molecular complexity index is 1770. The van der Waals surface area contributed by atoms with E-state index in [1.165, 1.54) is 17.8 Å². The van der Waals surface area contributed by atoms with Crippen molar-refractivity contribution >= 4 is 53.1 Å². The SMILES string of the molecule is Cc1nc(N(C)C)c2ncn([C@@H]3O[C@](CCl)(CO[P@](=O)(N[C@@H](C)C(=O)OC(C)C)Oc4cccc5ccccc45)[C@@H](O)[C@H]3F)c2n1. The maximum atomic E-state index is 15.9. The number of nitrogens with one attached hydrogen (secondary N) is 1. The lowest BCUT2D eigenvalue weighted by Crippen LogP contribution is -2.48. The van der Waals surface area contributed by atoms with Gasteiger partial charge in [-0.3, -0.25) is 13.9 Å². The maximum Gasteiger partial charge on any atom is 0.459 e. The van der Waals surface area contributed by atoms with Crippen LogP contribution in [0.4, 0.5) is 10.2 Å². The fourth-order valence-electron chi connectivity index (χ4n) is 5.12. The molecule has 0 saturated carbocycles. The van der Waals surface area contributed by atoms with Crippen LogP contribution in [0.15, 0.2) is 48.8 Å². The van der Waals surface area contributed by atoms with E-state index in [4.69, 9.17) is 30.1 Å². The standard InChI is InChI=1S/C30H37ClFN6O7P/c1-17(2)43-29(40)18(3)36-46(41,45-22-13-9-11-20-10-7-8-12-21(20)22)42-15-30(14-31)25(39)23(32)28(44-30)38-16-33-24-26(37(5)6)34-19(4)35-27(24)38/h7-13,16-18,23,25,28,39H,14-15H2,1-6H3,(H,36,41)/t18-,23+,25-,28+,30+,46+/m0/s1. The second-order valence-corrected chi connectivity index (χ2v) is 13.5. The molecule has 3 heterocycles. The molecule has 1 aliphatic heterocycles. The van der Waals surface area contributed by atoms with Gasteiger partial charge >= 0.3 is 13.7 Å². The molecule has 1 aliphatic rings. The molecule has 0 spiro atoms. The molecule has 2 aromatic heterocycles. The number of aliphatic hydroxyl groups is 1. The van der Waals surface area contributed by atoms with Crippen LogP contribution in [0.25, 0.3) is 21.9 Å². The number of benzene rings is 2. The van der Waals surface area contributed by atoms with Crippen LogP contribution in [0, 0.1) is 6.92 Å². The molecule has 0 aliphatic carbocycles. The zero-order valence-electron chi connectivity index (χ0n) is 26.3. The highest BCUT2D eigenvalue weighted by atomic mass is 35.5. The van der Waals surface area contributed by atoms with Crippen LogP contribution < -0.4 is 14.5 Å². The number of imidazole rings is 1. The quantitative estimate of drug-likeness (QED) is 0.122. The molecule has 2 N–H and O–H groups in total. The number of hydrogen-bond acceptors (Lipinski definition) is 11. The fraction of sp³-hybridized carbons (Fsp3) is 0.467. The number of hydrogen-bond donors (Lipinski definition) is 2. The molecule has 0 unspecified atom stereocenters. The van der Waals surface area contributed by atoms with E-state index < -0.39 is 62.5 Å². The van der Waals surface area contributed by atoms with Crippen molar-refractivity contribution in [2.24, 2.45) is 0 Å². The summed E-state index contributed by atoms with van der Waals surface area (Å²) in [4.78, 5) is 27.6. The molecule has 1 saturated heterocycles. The molecule has 248 valence electrons. The highest BCUT2D eigenvalue weighted by Gasteiger charge is 2.57. The van der Waals surface area contributed by atoms with E-state index in [0.29, 0.717) is 22.5 Å². The highest BCUT2D eigenvalue weighted by molar-refractivity contribution is 7.52. The van der Waals surface area contributed by atoms with Gasteiger partial charge < -0.3 is 24.0 Å². The lowest BCUT2D eigenvalue weighted by molar-refractivity contribution is -0.149. The Labute approximate surface area is 270 Å². The lowest BCUT2D eigenvalue weighted by Gasteiger charge is -2.31. The number of aliphatic hydroxyl groups excluding tert-OH is 1. The Morgan fingerprint density at radius 2 is 1.93 bits per heavy atom. The summed E-state index contributed by atoms with van der Waals surface area (Å²) in [6.45, 7) is 5.81. The number of halogens is 2. The average molecular weight is 679 g/mol. The monoisotopic (exact) mass is 678 g/mol. The first-order valence-electron chi connectivity index (χ1n) is 14.6. The Balaban J connectivity index is 1.46. The molecule has 46 heavy (non-hydrogen) atoms. The number of fused-ring (bicyclic) bond motifs is 2. The Hall–Kier alpha value is -3.39. The fourth-order valence-corrected chi connectivity index (χ4v) is 6.98. The Morgan fingerprint density at radius 1 is 1.22 bits per heavy atom. The zero-order valence-corrected chi connectivity index (χ0v) is 27.9. The molecule has 2 aromatic carbocycles. The van der Waals surface area contributed by atoms with Crippen molar-refractivity contribution in [1.82, 2.24) is 24.6 Å². The van der Waals surface area contributed by atoms with Crippen LogP contribution in [-0.2, 0) is 23.4 Å². The zero-order chi connectivity index (χ0) is 33.4. The second kappa shape index (κ2) is 13.4. The van der Waals surface area contributed by atoms with Gasteiger partial charge in [-0.15, -0.1) is 11.6 Å². The lowest BCUT2D eigenvalue weighted by atomic mass is 9.99. The summed E-state index contributed by atoms with van der Waals surface area (Å²) in [5.41, 5.74) is -1.21. The van der Waals surface area contributed by atoms with Gasteiger partial charge in [-0.25, -0.2) is 23.9 Å². The van der Waals surface area contributed by atoms with Gasteiger partial charge in [0.25, 0.3) is 0 Å². The molecular weight excluding hydrogens is 642 g/mol. The normalized spacial score (nSPS) is 23.5. The van der Waals surface area contributed by atoms with E-state index in [-0.39, 0.29) is 11.4 Å². The van der Waals surface area contributed by atoms with Crippen molar-refractivity contribution in [2.45, 2.75) is 63.9 Å². The minimum absolute atomic E-state index is 0.198. The number of nitrogens with zero attached hydrogens (tertiary/aromatic N) is 5. The van der Waals surface area contributed by atoms with Crippen LogP contribution in [0.2, 0.25) is 0 Å². The molecule has 0 amide bonds. The Morgan fingerprint density at radius 3 is 2.63 bits per heavy atom. The van der Waals surface area contributed by atoms with Crippen LogP contribution in [0.3, 0.4) is 0 Å². The van der Waals surface area contributed by atoms with E-state index in [0.717, 1.165) is 5.39 Å². The number of aryl methyl sites for hydroxylation is 1. The molecule has 5 rings (SSSR count). The molecule has 0 bridgehead atoms. The summed E-state index contributed by atoms with van der Waals surface area (Å²) in [6, 6.07) is 11.3. The largest absolute Gasteiger partial charge is 0.462 e. The predicted octanol–water partition coefficient (Wildman–Crippen LogP) is 4.69. The summed E-state index contributed by atoms with van der Waals surface area (Å²) in [7, 11) is -0.882. The van der Waals surface area contributed by atoms with Gasteiger partial charge in [0.1, 0.15) is 29.3 Å². The smallest absolute Gasteiger partial charge is 0.459 e. The van der Waals surface area contributed by atoms with Gasteiger partial charge in [0, 0.05) is 19.5 Å². The summed E-state index contributed by atoms with van der Waals surface area (Å²) in [5.74, 6) is -0.0151. The van der Waals surface area contributed by atoms with Crippen molar-refractivity contribution in [1.29, 1.82) is 0 Å². The first-order valence-corrected chi connectivity index (χ1v) is 16.7. The van der Waals surface area contributed by atoms with Crippen molar-refractivity contribution in [3.05, 3.63) is 54.6 Å². The van der Waals surface area contributed by atoms with Gasteiger partial charge in [0.15, 0.2) is 29.4 Å². The summed E-state index contributed by atoms with van der Waals surface area (Å²) >= 11 is 6.33. The molecule has 0 radical (unpaired) electrons. The minimum atomic E-state index is -4.46. The second-order valence-electron chi connectivity index (χ2n) is 11.6. The van der Waals surface area contributed by atoms with Crippen LogP contribution >= 0.6 is 19.3 Å². The van der Waals surface area contributed by atoms with E-state index >= 15 is 4.39 Å². The predicted molar refractivity (Wildman–Crippen MR) is 171 cm³/mol. The third kappa shape index (κ3) is 6.69. The molecule has 4 aromatic rings. The molecule has 13 nitrogen and oxygen atoms in total.